The molecule has 0 aliphatic carbocycles. The molecular weight excluding hydrogens is 259 g/mol. The fraction of sp³-hybridized carbons (Fsp3) is 0.333. The quantitative estimate of drug-likeness (QED) is 0.848. The molecule has 1 aromatic carbocycles. The van der Waals surface area contributed by atoms with Crippen LogP contribution >= 0.6 is 0 Å². The van der Waals surface area contributed by atoms with Crippen LogP contribution in [0, 0.1) is 0 Å². The summed E-state index contributed by atoms with van der Waals surface area (Å²) in [5, 5.41) is 6.48. The van der Waals surface area contributed by atoms with Crippen molar-refractivity contribution in [2.24, 2.45) is 0 Å². The largest absolute Gasteiger partial charge is 0.416 e. The van der Waals surface area contributed by atoms with Crippen LogP contribution in [0.1, 0.15) is 17.0 Å². The molecule has 0 amide bonds. The van der Waals surface area contributed by atoms with Crippen molar-refractivity contribution in [1.82, 2.24) is 15.5 Å². The number of benzene rings is 1. The number of hydrogen-bond acceptors (Lipinski definition) is 4. The molecule has 2 rings (SSSR count). The highest BCUT2D eigenvalue weighted by molar-refractivity contribution is 5.25. The van der Waals surface area contributed by atoms with Crippen molar-refractivity contribution in [2.75, 3.05) is 6.54 Å². The maximum Gasteiger partial charge on any atom is 0.416 e. The van der Waals surface area contributed by atoms with Crippen LogP contribution in [-0.4, -0.2) is 16.7 Å². The number of hydrogen-bond donors (Lipinski definition) is 1. The molecule has 0 fully saturated rings. The van der Waals surface area contributed by atoms with Gasteiger partial charge in [-0.3, -0.25) is 0 Å². The summed E-state index contributed by atoms with van der Waals surface area (Å²) in [7, 11) is 0. The van der Waals surface area contributed by atoms with E-state index in [0.29, 0.717) is 31.0 Å². The Hall–Kier alpha value is -1.89. The number of nitrogens with zero attached hydrogens (tertiary/aromatic N) is 2. The molecule has 0 aliphatic heterocycles. The topological polar surface area (TPSA) is 51.0 Å². The molecule has 4 nitrogen and oxygen atoms in total. The third kappa shape index (κ3) is 4.06. The SMILES string of the molecule is FC(F)(F)c1cccc(CNCCc2ncno2)c1. The number of rotatable bonds is 5. The zero-order valence-corrected chi connectivity index (χ0v) is 9.94. The smallest absolute Gasteiger partial charge is 0.340 e. The van der Waals surface area contributed by atoms with Gasteiger partial charge < -0.3 is 9.84 Å². The van der Waals surface area contributed by atoms with Crippen LogP contribution in [0.3, 0.4) is 0 Å². The van der Waals surface area contributed by atoms with Crippen LogP contribution < -0.4 is 5.32 Å². The zero-order chi connectivity index (χ0) is 13.7. The maximum absolute atomic E-state index is 12.5. The molecule has 0 atom stereocenters. The molecule has 0 saturated carbocycles. The summed E-state index contributed by atoms with van der Waals surface area (Å²) in [4.78, 5) is 3.84. The lowest BCUT2D eigenvalue weighted by Gasteiger charge is -2.09. The molecule has 1 heterocycles. The lowest BCUT2D eigenvalue weighted by molar-refractivity contribution is -0.137. The van der Waals surface area contributed by atoms with Crippen LogP contribution in [0.15, 0.2) is 35.1 Å². The van der Waals surface area contributed by atoms with Gasteiger partial charge in [0.2, 0.25) is 5.89 Å². The van der Waals surface area contributed by atoms with E-state index in [1.54, 1.807) is 6.07 Å². The minimum Gasteiger partial charge on any atom is -0.340 e. The molecule has 0 bridgehead atoms. The van der Waals surface area contributed by atoms with E-state index in [-0.39, 0.29) is 0 Å². The Morgan fingerprint density at radius 1 is 1.26 bits per heavy atom. The molecule has 102 valence electrons. The molecule has 7 heteroatoms. The van der Waals surface area contributed by atoms with Crippen LogP contribution in [0.2, 0.25) is 0 Å². The first kappa shape index (κ1) is 13.5. The van der Waals surface area contributed by atoms with Gasteiger partial charge in [0, 0.05) is 19.5 Å². The van der Waals surface area contributed by atoms with Crippen molar-refractivity contribution in [3.8, 4) is 0 Å². The molecule has 0 aliphatic rings. The average Bonchev–Trinajstić information content (AvgIpc) is 2.87. The Balaban J connectivity index is 1.83. The van der Waals surface area contributed by atoms with E-state index in [4.69, 9.17) is 4.52 Å². The summed E-state index contributed by atoms with van der Waals surface area (Å²) in [6.07, 6.45) is -2.46. The van der Waals surface area contributed by atoms with Crippen LogP contribution in [-0.2, 0) is 19.1 Å². The molecule has 0 spiro atoms. The van der Waals surface area contributed by atoms with E-state index >= 15 is 0 Å². The third-order valence-electron chi connectivity index (χ3n) is 2.51. The van der Waals surface area contributed by atoms with Crippen molar-refractivity contribution in [3.63, 3.8) is 0 Å². The summed E-state index contributed by atoms with van der Waals surface area (Å²) < 4.78 is 42.3. The van der Waals surface area contributed by atoms with E-state index in [1.807, 2.05) is 0 Å². The third-order valence-corrected chi connectivity index (χ3v) is 2.51. The van der Waals surface area contributed by atoms with Gasteiger partial charge in [0.15, 0.2) is 6.33 Å². The highest BCUT2D eigenvalue weighted by Crippen LogP contribution is 2.29. The summed E-state index contributed by atoms with van der Waals surface area (Å²) in [5.74, 6) is 0.497. The van der Waals surface area contributed by atoms with Gasteiger partial charge in [0.1, 0.15) is 0 Å². The highest BCUT2D eigenvalue weighted by atomic mass is 19.4. The Bertz CT molecular complexity index is 511. The van der Waals surface area contributed by atoms with E-state index in [2.05, 4.69) is 15.5 Å². The lowest BCUT2D eigenvalue weighted by atomic mass is 10.1. The first-order chi connectivity index (χ1) is 9.05. The number of nitrogens with one attached hydrogen (secondary N) is 1. The molecular formula is C12H12F3N3O. The van der Waals surface area contributed by atoms with Crippen molar-refractivity contribution < 1.29 is 17.7 Å². The van der Waals surface area contributed by atoms with E-state index in [0.717, 1.165) is 12.1 Å². The van der Waals surface area contributed by atoms with Gasteiger partial charge >= 0.3 is 6.18 Å². The second kappa shape index (κ2) is 5.83. The molecule has 0 radical (unpaired) electrons. The zero-order valence-electron chi connectivity index (χ0n) is 9.94. The van der Waals surface area contributed by atoms with E-state index in [1.165, 1.54) is 12.4 Å². The van der Waals surface area contributed by atoms with Gasteiger partial charge in [-0.1, -0.05) is 23.4 Å². The van der Waals surface area contributed by atoms with Gasteiger partial charge in [-0.25, -0.2) is 0 Å². The molecule has 1 N–H and O–H groups in total. The fourth-order valence-corrected chi connectivity index (χ4v) is 1.59. The molecule has 19 heavy (non-hydrogen) atoms. The maximum atomic E-state index is 12.5. The van der Waals surface area contributed by atoms with Crippen molar-refractivity contribution >= 4 is 0 Å². The first-order valence-corrected chi connectivity index (χ1v) is 5.68. The van der Waals surface area contributed by atoms with Gasteiger partial charge in [-0.2, -0.15) is 18.2 Å². The summed E-state index contributed by atoms with van der Waals surface area (Å²) in [6.45, 7) is 0.913. The number of aromatic nitrogens is 2. The molecule has 0 saturated heterocycles. The Labute approximate surface area is 107 Å². The predicted molar refractivity (Wildman–Crippen MR) is 61.2 cm³/mol. The molecule has 2 aromatic rings. The molecule has 1 aromatic heterocycles. The second-order valence-electron chi connectivity index (χ2n) is 3.96. The first-order valence-electron chi connectivity index (χ1n) is 5.68. The Morgan fingerprint density at radius 3 is 2.79 bits per heavy atom. The van der Waals surface area contributed by atoms with Crippen molar-refractivity contribution in [3.05, 3.63) is 47.6 Å². The Morgan fingerprint density at radius 2 is 2.11 bits per heavy atom. The normalized spacial score (nSPS) is 11.7. The van der Waals surface area contributed by atoms with Gasteiger partial charge in [-0.05, 0) is 11.6 Å². The average molecular weight is 271 g/mol. The Kier molecular flexibility index (Phi) is 4.16. The number of alkyl halides is 3. The van der Waals surface area contributed by atoms with Crippen LogP contribution in [0.5, 0.6) is 0 Å². The minimum absolute atomic E-state index is 0.359. The summed E-state index contributed by atoms with van der Waals surface area (Å²) in [6, 6.07) is 5.24. The predicted octanol–water partition coefficient (Wildman–Crippen LogP) is 2.42. The monoisotopic (exact) mass is 271 g/mol. The highest BCUT2D eigenvalue weighted by Gasteiger charge is 2.30. The second-order valence-corrected chi connectivity index (χ2v) is 3.96. The summed E-state index contributed by atoms with van der Waals surface area (Å²) >= 11 is 0. The van der Waals surface area contributed by atoms with Gasteiger partial charge in [-0.15, -0.1) is 0 Å². The molecule has 0 unspecified atom stereocenters. The lowest BCUT2D eigenvalue weighted by Crippen LogP contribution is -2.17. The fourth-order valence-electron chi connectivity index (χ4n) is 1.59. The number of halogens is 3. The van der Waals surface area contributed by atoms with Crippen molar-refractivity contribution in [2.45, 2.75) is 19.1 Å². The van der Waals surface area contributed by atoms with Gasteiger partial charge in [0.25, 0.3) is 0 Å². The van der Waals surface area contributed by atoms with Crippen LogP contribution in [0.4, 0.5) is 13.2 Å². The summed E-state index contributed by atoms with van der Waals surface area (Å²) in [5.41, 5.74) is -0.0518. The van der Waals surface area contributed by atoms with E-state index in [9.17, 15) is 13.2 Å². The standard InChI is InChI=1S/C12H12F3N3O/c13-12(14,15)10-3-1-2-9(6-10)7-16-5-4-11-17-8-18-19-11/h1-3,6,8,16H,4-5,7H2. The minimum atomic E-state index is -4.31. The van der Waals surface area contributed by atoms with Crippen LogP contribution in [0.25, 0.3) is 0 Å². The van der Waals surface area contributed by atoms with Crippen molar-refractivity contribution in [1.29, 1.82) is 0 Å². The van der Waals surface area contributed by atoms with E-state index < -0.39 is 11.7 Å². The van der Waals surface area contributed by atoms with Gasteiger partial charge in [0.05, 0.1) is 5.56 Å².